The Morgan fingerprint density at radius 2 is 1.53 bits per heavy atom. The second-order valence-corrected chi connectivity index (χ2v) is 8.24. The van der Waals surface area contributed by atoms with E-state index in [2.05, 4.69) is 82.8 Å². The van der Waals surface area contributed by atoms with E-state index >= 15 is 0 Å². The van der Waals surface area contributed by atoms with Gasteiger partial charge in [0.2, 0.25) is 0 Å². The van der Waals surface area contributed by atoms with Crippen LogP contribution in [0.2, 0.25) is 0 Å². The molecule has 0 saturated heterocycles. The molecule has 0 aliphatic rings. The SMILES string of the molecule is COc1ccc(-n2nnnc2C(CC(C)C)N(Cc2ccccc2)c2ccccc2)cc1. The van der Waals surface area contributed by atoms with Gasteiger partial charge in [-0.15, -0.1) is 5.10 Å². The Hall–Kier alpha value is -3.67. The number of ether oxygens (including phenoxy) is 1. The smallest absolute Gasteiger partial charge is 0.179 e. The van der Waals surface area contributed by atoms with Crippen LogP contribution in [-0.4, -0.2) is 27.3 Å². The molecular weight excluding hydrogens is 398 g/mol. The molecule has 6 heteroatoms. The highest BCUT2D eigenvalue weighted by molar-refractivity contribution is 5.49. The largest absolute Gasteiger partial charge is 0.497 e. The summed E-state index contributed by atoms with van der Waals surface area (Å²) in [5, 5.41) is 12.9. The zero-order valence-electron chi connectivity index (χ0n) is 18.8. The zero-order valence-corrected chi connectivity index (χ0v) is 18.8. The van der Waals surface area contributed by atoms with Gasteiger partial charge in [0.25, 0.3) is 0 Å². The average molecular weight is 428 g/mol. The first-order chi connectivity index (χ1) is 15.7. The molecule has 0 fully saturated rings. The Morgan fingerprint density at radius 1 is 0.875 bits per heavy atom. The van der Waals surface area contributed by atoms with Crippen LogP contribution in [0.5, 0.6) is 5.75 Å². The summed E-state index contributed by atoms with van der Waals surface area (Å²) in [6.07, 6.45) is 0.915. The molecule has 1 heterocycles. The Bertz CT molecular complexity index is 1090. The zero-order chi connectivity index (χ0) is 22.3. The number of methoxy groups -OCH3 is 1. The van der Waals surface area contributed by atoms with Gasteiger partial charge in [0, 0.05) is 12.2 Å². The molecule has 3 aromatic carbocycles. The van der Waals surface area contributed by atoms with Gasteiger partial charge >= 0.3 is 0 Å². The maximum Gasteiger partial charge on any atom is 0.179 e. The number of hydrogen-bond acceptors (Lipinski definition) is 5. The fraction of sp³-hybridized carbons (Fsp3) is 0.269. The first-order valence-electron chi connectivity index (χ1n) is 10.9. The monoisotopic (exact) mass is 427 g/mol. The molecule has 1 aromatic heterocycles. The Morgan fingerprint density at radius 3 is 2.16 bits per heavy atom. The lowest BCUT2D eigenvalue weighted by Crippen LogP contribution is -2.31. The third kappa shape index (κ3) is 4.97. The van der Waals surface area contributed by atoms with Gasteiger partial charge in [-0.25, -0.2) is 0 Å². The van der Waals surface area contributed by atoms with Crippen molar-refractivity contribution in [2.45, 2.75) is 32.9 Å². The number of hydrogen-bond donors (Lipinski definition) is 0. The molecule has 4 aromatic rings. The number of aromatic nitrogens is 4. The van der Waals surface area contributed by atoms with E-state index in [1.54, 1.807) is 7.11 Å². The van der Waals surface area contributed by atoms with Crippen molar-refractivity contribution in [3.63, 3.8) is 0 Å². The van der Waals surface area contributed by atoms with Crippen molar-refractivity contribution in [3.8, 4) is 11.4 Å². The molecule has 0 spiro atoms. The Labute approximate surface area is 189 Å². The summed E-state index contributed by atoms with van der Waals surface area (Å²) in [6.45, 7) is 5.23. The van der Waals surface area contributed by atoms with Gasteiger partial charge in [-0.3, -0.25) is 0 Å². The van der Waals surface area contributed by atoms with Crippen molar-refractivity contribution in [1.29, 1.82) is 0 Å². The number of benzene rings is 3. The van der Waals surface area contributed by atoms with Crippen LogP contribution >= 0.6 is 0 Å². The number of tetrazole rings is 1. The second kappa shape index (κ2) is 10.1. The minimum atomic E-state index is -0.00490. The van der Waals surface area contributed by atoms with E-state index in [0.29, 0.717) is 5.92 Å². The summed E-state index contributed by atoms with van der Waals surface area (Å²) in [5.41, 5.74) is 3.30. The van der Waals surface area contributed by atoms with Gasteiger partial charge in [0.05, 0.1) is 18.8 Å². The van der Waals surface area contributed by atoms with Crippen molar-refractivity contribution in [2.75, 3.05) is 12.0 Å². The van der Waals surface area contributed by atoms with Crippen LogP contribution in [0.15, 0.2) is 84.9 Å². The summed E-state index contributed by atoms with van der Waals surface area (Å²) in [5.74, 6) is 2.09. The molecule has 1 atom stereocenters. The summed E-state index contributed by atoms with van der Waals surface area (Å²) in [7, 11) is 1.66. The lowest BCUT2D eigenvalue weighted by atomic mass is 9.99. The van der Waals surface area contributed by atoms with Gasteiger partial charge < -0.3 is 9.64 Å². The van der Waals surface area contributed by atoms with E-state index in [1.807, 2.05) is 41.1 Å². The first-order valence-corrected chi connectivity index (χ1v) is 10.9. The summed E-state index contributed by atoms with van der Waals surface area (Å²) >= 11 is 0. The highest BCUT2D eigenvalue weighted by Crippen LogP contribution is 2.33. The number of rotatable bonds is 9. The highest BCUT2D eigenvalue weighted by atomic mass is 16.5. The molecule has 32 heavy (non-hydrogen) atoms. The third-order valence-electron chi connectivity index (χ3n) is 5.46. The molecule has 4 rings (SSSR count). The topological polar surface area (TPSA) is 56.1 Å². The molecule has 164 valence electrons. The van der Waals surface area contributed by atoms with E-state index in [4.69, 9.17) is 4.74 Å². The Balaban J connectivity index is 1.78. The molecule has 0 radical (unpaired) electrons. The van der Waals surface area contributed by atoms with Crippen LogP contribution < -0.4 is 9.64 Å². The molecule has 0 aliphatic heterocycles. The number of anilines is 1. The van der Waals surface area contributed by atoms with Crippen LogP contribution in [0.3, 0.4) is 0 Å². The number of para-hydroxylation sites is 1. The molecule has 0 saturated carbocycles. The quantitative estimate of drug-likeness (QED) is 0.355. The minimum absolute atomic E-state index is 0.00490. The molecule has 0 amide bonds. The Kier molecular flexibility index (Phi) is 6.80. The molecule has 6 nitrogen and oxygen atoms in total. The van der Waals surface area contributed by atoms with Gasteiger partial charge in [-0.05, 0) is 64.7 Å². The van der Waals surface area contributed by atoms with Crippen LogP contribution in [0.4, 0.5) is 5.69 Å². The first kappa shape index (κ1) is 21.6. The van der Waals surface area contributed by atoms with Crippen molar-refractivity contribution in [1.82, 2.24) is 20.2 Å². The van der Waals surface area contributed by atoms with Crippen LogP contribution in [-0.2, 0) is 6.54 Å². The van der Waals surface area contributed by atoms with Gasteiger partial charge in [-0.1, -0.05) is 62.4 Å². The summed E-state index contributed by atoms with van der Waals surface area (Å²) in [6, 6.07) is 28.8. The van der Waals surface area contributed by atoms with Gasteiger partial charge in [0.15, 0.2) is 5.82 Å². The van der Waals surface area contributed by atoms with Crippen molar-refractivity contribution >= 4 is 5.69 Å². The van der Waals surface area contributed by atoms with Crippen LogP contribution in [0, 0.1) is 5.92 Å². The molecule has 0 bridgehead atoms. The van der Waals surface area contributed by atoms with E-state index < -0.39 is 0 Å². The standard InChI is InChI=1S/C26H29N5O/c1-20(2)18-25(26-27-28-29-31(26)23-14-16-24(32-3)17-15-23)30(22-12-8-5-9-13-22)19-21-10-6-4-7-11-21/h4-17,20,25H,18-19H2,1-3H3. The lowest BCUT2D eigenvalue weighted by Gasteiger charge is -2.34. The fourth-order valence-corrected chi connectivity index (χ4v) is 3.91. The third-order valence-corrected chi connectivity index (χ3v) is 5.46. The van der Waals surface area contributed by atoms with Crippen molar-refractivity contribution in [2.24, 2.45) is 5.92 Å². The van der Waals surface area contributed by atoms with Gasteiger partial charge in [0.1, 0.15) is 5.75 Å². The van der Waals surface area contributed by atoms with E-state index in [0.717, 1.165) is 35.9 Å². The fourth-order valence-electron chi connectivity index (χ4n) is 3.91. The highest BCUT2D eigenvalue weighted by Gasteiger charge is 2.28. The predicted molar refractivity (Wildman–Crippen MR) is 127 cm³/mol. The number of nitrogens with zero attached hydrogens (tertiary/aromatic N) is 5. The van der Waals surface area contributed by atoms with Gasteiger partial charge in [-0.2, -0.15) is 4.68 Å². The maximum atomic E-state index is 5.31. The predicted octanol–water partition coefficient (Wildman–Crippen LogP) is 5.46. The normalized spacial score (nSPS) is 12.0. The summed E-state index contributed by atoms with van der Waals surface area (Å²) < 4.78 is 7.15. The van der Waals surface area contributed by atoms with E-state index in [1.165, 1.54) is 5.56 Å². The molecule has 0 N–H and O–H groups in total. The lowest BCUT2D eigenvalue weighted by molar-refractivity contribution is 0.414. The average Bonchev–Trinajstić information content (AvgIpc) is 3.32. The molecule has 0 aliphatic carbocycles. The minimum Gasteiger partial charge on any atom is -0.497 e. The van der Waals surface area contributed by atoms with E-state index in [9.17, 15) is 0 Å². The second-order valence-electron chi connectivity index (χ2n) is 8.24. The maximum absolute atomic E-state index is 5.31. The van der Waals surface area contributed by atoms with Crippen LogP contribution in [0.1, 0.15) is 37.7 Å². The molecule has 1 unspecified atom stereocenters. The van der Waals surface area contributed by atoms with Crippen LogP contribution in [0.25, 0.3) is 5.69 Å². The van der Waals surface area contributed by atoms with Crippen molar-refractivity contribution in [3.05, 3.63) is 96.3 Å². The summed E-state index contributed by atoms with van der Waals surface area (Å²) in [4.78, 5) is 2.40. The van der Waals surface area contributed by atoms with E-state index in [-0.39, 0.29) is 6.04 Å². The van der Waals surface area contributed by atoms with Crippen molar-refractivity contribution < 1.29 is 4.74 Å². The molecular formula is C26H29N5O.